The van der Waals surface area contributed by atoms with Crippen molar-refractivity contribution in [1.29, 1.82) is 0 Å². The summed E-state index contributed by atoms with van der Waals surface area (Å²) in [7, 11) is -3.86. The Bertz CT molecular complexity index is 1280. The number of hydrogen-bond donors (Lipinski definition) is 0. The minimum atomic E-state index is -3.86. The highest BCUT2D eigenvalue weighted by molar-refractivity contribution is 7.93. The molecule has 0 unspecified atom stereocenters. The highest BCUT2D eigenvalue weighted by Crippen LogP contribution is 2.27. The lowest BCUT2D eigenvalue weighted by Gasteiger charge is -2.21. The third-order valence-corrected chi connectivity index (χ3v) is 6.79. The lowest BCUT2D eigenvalue weighted by Crippen LogP contribution is -2.31. The number of thiazole rings is 1. The van der Waals surface area contributed by atoms with Crippen LogP contribution >= 0.6 is 11.3 Å². The normalized spacial score (nSPS) is 11.6. The van der Waals surface area contributed by atoms with E-state index in [-0.39, 0.29) is 17.0 Å². The van der Waals surface area contributed by atoms with Gasteiger partial charge in [0, 0.05) is 23.8 Å². The first-order chi connectivity index (χ1) is 13.4. The molecule has 9 heteroatoms. The average Bonchev–Trinajstić information content (AvgIpc) is 3.21. The molecule has 28 heavy (non-hydrogen) atoms. The Balaban J connectivity index is 1.81. The number of rotatable bonds is 5. The fraction of sp³-hybridized carbons (Fsp3) is 0.105. The van der Waals surface area contributed by atoms with Crippen molar-refractivity contribution >= 4 is 32.1 Å². The van der Waals surface area contributed by atoms with Crippen molar-refractivity contribution in [3.8, 4) is 0 Å². The molecule has 3 heterocycles. The second kappa shape index (κ2) is 7.17. The molecule has 1 aromatic carbocycles. The first kappa shape index (κ1) is 18.3. The summed E-state index contributed by atoms with van der Waals surface area (Å²) in [5.74, 6) is 0. The molecule has 0 aliphatic rings. The number of fused-ring (bicyclic) bond motifs is 1. The summed E-state index contributed by atoms with van der Waals surface area (Å²) in [5, 5.41) is 2.02. The van der Waals surface area contributed by atoms with Crippen LogP contribution in [-0.4, -0.2) is 22.8 Å². The highest BCUT2D eigenvalue weighted by atomic mass is 32.2. The van der Waals surface area contributed by atoms with Gasteiger partial charge in [0.25, 0.3) is 15.6 Å². The second-order valence-corrected chi connectivity index (χ2v) is 8.90. The van der Waals surface area contributed by atoms with Crippen LogP contribution in [0.3, 0.4) is 0 Å². The van der Waals surface area contributed by atoms with Crippen LogP contribution in [0.5, 0.6) is 0 Å². The van der Waals surface area contributed by atoms with Gasteiger partial charge in [0.15, 0.2) is 5.13 Å². The summed E-state index contributed by atoms with van der Waals surface area (Å²) in [6.07, 6.45) is 3.24. The standard InChI is InChI=1S/C19H16N4O3S2/c1-14-7-8-17-21-15(11-18(24)22(17)12-14)13-23(19-20-9-10-27-19)28(25,26)16-5-3-2-4-6-16/h2-12H,13H2,1H3. The molecule has 142 valence electrons. The molecule has 0 saturated carbocycles. The molecule has 0 bridgehead atoms. The van der Waals surface area contributed by atoms with Gasteiger partial charge in [-0.15, -0.1) is 11.3 Å². The first-order valence-electron chi connectivity index (χ1n) is 8.41. The molecular weight excluding hydrogens is 396 g/mol. The van der Waals surface area contributed by atoms with Gasteiger partial charge in [-0.1, -0.05) is 24.3 Å². The minimum absolute atomic E-state index is 0.0929. The number of sulfonamides is 1. The zero-order chi connectivity index (χ0) is 19.7. The topological polar surface area (TPSA) is 84.6 Å². The zero-order valence-corrected chi connectivity index (χ0v) is 16.5. The van der Waals surface area contributed by atoms with E-state index in [0.29, 0.717) is 16.5 Å². The van der Waals surface area contributed by atoms with Crippen LogP contribution in [0.2, 0.25) is 0 Å². The summed E-state index contributed by atoms with van der Waals surface area (Å²) in [5.41, 5.74) is 1.48. The summed E-state index contributed by atoms with van der Waals surface area (Å²) in [6.45, 7) is 1.79. The van der Waals surface area contributed by atoms with Crippen molar-refractivity contribution in [3.63, 3.8) is 0 Å². The van der Waals surface area contributed by atoms with Crippen molar-refractivity contribution in [1.82, 2.24) is 14.4 Å². The molecule has 4 aromatic rings. The van der Waals surface area contributed by atoms with Crippen LogP contribution in [0, 0.1) is 6.92 Å². The van der Waals surface area contributed by atoms with E-state index in [1.54, 1.807) is 42.0 Å². The molecule has 0 saturated heterocycles. The Morgan fingerprint density at radius 3 is 2.64 bits per heavy atom. The SMILES string of the molecule is Cc1ccc2nc(CN(c3nccs3)S(=O)(=O)c3ccccc3)cc(=O)n2c1. The molecule has 0 N–H and O–H groups in total. The van der Waals surface area contributed by atoms with Gasteiger partial charge in [-0.05, 0) is 30.7 Å². The van der Waals surface area contributed by atoms with Crippen molar-refractivity contribution in [2.45, 2.75) is 18.4 Å². The van der Waals surface area contributed by atoms with Gasteiger partial charge in [0.05, 0.1) is 17.1 Å². The Morgan fingerprint density at radius 1 is 1.14 bits per heavy atom. The summed E-state index contributed by atoms with van der Waals surface area (Å²) >= 11 is 1.21. The molecule has 4 rings (SSSR count). The van der Waals surface area contributed by atoms with E-state index in [0.717, 1.165) is 5.56 Å². The Morgan fingerprint density at radius 2 is 1.93 bits per heavy atom. The van der Waals surface area contributed by atoms with E-state index in [2.05, 4.69) is 9.97 Å². The first-order valence-corrected chi connectivity index (χ1v) is 10.7. The van der Waals surface area contributed by atoms with Crippen LogP contribution in [0.25, 0.3) is 5.65 Å². The molecule has 0 atom stereocenters. The maximum atomic E-state index is 13.2. The zero-order valence-electron chi connectivity index (χ0n) is 14.9. The number of benzene rings is 1. The van der Waals surface area contributed by atoms with E-state index in [1.165, 1.54) is 38.2 Å². The number of pyridine rings is 1. The third kappa shape index (κ3) is 3.41. The smallest absolute Gasteiger partial charge is 0.266 e. The Kier molecular flexibility index (Phi) is 4.70. The molecule has 0 amide bonds. The predicted molar refractivity (Wildman–Crippen MR) is 108 cm³/mol. The fourth-order valence-electron chi connectivity index (χ4n) is 2.80. The fourth-order valence-corrected chi connectivity index (χ4v) is 5.08. The number of aromatic nitrogens is 3. The summed E-state index contributed by atoms with van der Waals surface area (Å²) in [4.78, 5) is 21.3. The third-order valence-electron chi connectivity index (χ3n) is 4.13. The van der Waals surface area contributed by atoms with Gasteiger partial charge in [-0.25, -0.2) is 22.7 Å². The molecule has 0 fully saturated rings. The second-order valence-electron chi connectivity index (χ2n) is 6.16. The quantitative estimate of drug-likeness (QED) is 0.503. The molecule has 0 aliphatic carbocycles. The van der Waals surface area contributed by atoms with E-state index in [4.69, 9.17) is 0 Å². The molecule has 0 radical (unpaired) electrons. The van der Waals surface area contributed by atoms with E-state index >= 15 is 0 Å². The number of hydrogen-bond acceptors (Lipinski definition) is 6. The van der Waals surface area contributed by atoms with Gasteiger partial charge in [0.1, 0.15) is 5.65 Å². The molecule has 0 spiro atoms. The van der Waals surface area contributed by atoms with Crippen molar-refractivity contribution < 1.29 is 8.42 Å². The van der Waals surface area contributed by atoms with Gasteiger partial charge in [0.2, 0.25) is 0 Å². The van der Waals surface area contributed by atoms with Crippen molar-refractivity contribution in [2.24, 2.45) is 0 Å². The lowest BCUT2D eigenvalue weighted by atomic mass is 10.3. The van der Waals surface area contributed by atoms with Crippen LogP contribution in [0.1, 0.15) is 11.3 Å². The van der Waals surface area contributed by atoms with Crippen LogP contribution in [0.4, 0.5) is 5.13 Å². The van der Waals surface area contributed by atoms with Gasteiger partial charge in [-0.2, -0.15) is 0 Å². The maximum Gasteiger partial charge on any atom is 0.266 e. The molecule has 3 aromatic heterocycles. The lowest BCUT2D eigenvalue weighted by molar-refractivity contribution is 0.589. The van der Waals surface area contributed by atoms with Crippen LogP contribution < -0.4 is 9.86 Å². The molecule has 0 aliphatic heterocycles. The minimum Gasteiger partial charge on any atom is -0.269 e. The van der Waals surface area contributed by atoms with E-state index < -0.39 is 10.0 Å². The maximum absolute atomic E-state index is 13.2. The number of aryl methyl sites for hydroxylation is 1. The largest absolute Gasteiger partial charge is 0.269 e. The monoisotopic (exact) mass is 412 g/mol. The average molecular weight is 412 g/mol. The van der Waals surface area contributed by atoms with E-state index in [9.17, 15) is 13.2 Å². The number of anilines is 1. The van der Waals surface area contributed by atoms with Crippen molar-refractivity contribution in [3.05, 3.63) is 87.9 Å². The molecule has 7 nitrogen and oxygen atoms in total. The molecular formula is C19H16N4O3S2. The summed E-state index contributed by atoms with van der Waals surface area (Å²) in [6, 6.07) is 13.1. The highest BCUT2D eigenvalue weighted by Gasteiger charge is 2.27. The van der Waals surface area contributed by atoms with Crippen molar-refractivity contribution in [2.75, 3.05) is 4.31 Å². The predicted octanol–water partition coefficient (Wildman–Crippen LogP) is 2.85. The van der Waals surface area contributed by atoms with Crippen LogP contribution in [-0.2, 0) is 16.6 Å². The number of nitrogens with zero attached hydrogens (tertiary/aromatic N) is 4. The van der Waals surface area contributed by atoms with Gasteiger partial charge < -0.3 is 0 Å². The Hall–Kier alpha value is -3.04. The van der Waals surface area contributed by atoms with Crippen LogP contribution in [0.15, 0.2) is 76.0 Å². The van der Waals surface area contributed by atoms with Gasteiger partial charge >= 0.3 is 0 Å². The summed E-state index contributed by atoms with van der Waals surface area (Å²) < 4.78 is 29.0. The Labute approximate surface area is 165 Å². The van der Waals surface area contributed by atoms with Gasteiger partial charge in [-0.3, -0.25) is 9.20 Å². The van der Waals surface area contributed by atoms with E-state index in [1.807, 2.05) is 13.0 Å².